The molecule has 0 fully saturated rings. The summed E-state index contributed by atoms with van der Waals surface area (Å²) in [5.41, 5.74) is 1.12. The topological polar surface area (TPSA) is 75.7 Å². The molecule has 1 amide bonds. The Morgan fingerprint density at radius 1 is 0.971 bits per heavy atom. The van der Waals surface area contributed by atoms with Gasteiger partial charge in [0.05, 0.1) is 22.2 Å². The molecule has 35 heavy (non-hydrogen) atoms. The van der Waals surface area contributed by atoms with E-state index in [0.717, 1.165) is 15.6 Å². The third-order valence-corrected chi connectivity index (χ3v) is 7.49. The van der Waals surface area contributed by atoms with E-state index in [-0.39, 0.29) is 34.2 Å². The van der Waals surface area contributed by atoms with Crippen molar-refractivity contribution in [3.8, 4) is 5.75 Å². The van der Waals surface area contributed by atoms with E-state index in [1.54, 1.807) is 18.2 Å². The van der Waals surface area contributed by atoms with Crippen molar-refractivity contribution in [1.82, 2.24) is 5.32 Å². The number of carbonyl (C=O) groups is 1. The van der Waals surface area contributed by atoms with Gasteiger partial charge in [0.1, 0.15) is 18.9 Å². The van der Waals surface area contributed by atoms with Crippen LogP contribution in [-0.2, 0) is 20.2 Å². The Labute approximate surface area is 216 Å². The predicted octanol–water partition coefficient (Wildman–Crippen LogP) is 5.68. The van der Waals surface area contributed by atoms with Gasteiger partial charge >= 0.3 is 0 Å². The van der Waals surface area contributed by atoms with Crippen LogP contribution in [0.1, 0.15) is 26.3 Å². The summed E-state index contributed by atoms with van der Waals surface area (Å²) in [5, 5.41) is 3.20. The molecular weight excluding hydrogens is 507 g/mol. The highest BCUT2D eigenvalue weighted by Gasteiger charge is 2.28. The van der Waals surface area contributed by atoms with Crippen LogP contribution in [-0.4, -0.2) is 34.0 Å². The molecule has 6 nitrogen and oxygen atoms in total. The van der Waals surface area contributed by atoms with Gasteiger partial charge in [0.25, 0.3) is 10.0 Å². The number of ether oxygens (including phenoxy) is 1. The second-order valence-corrected chi connectivity index (χ2v) is 11.6. The van der Waals surface area contributed by atoms with Gasteiger partial charge in [-0.2, -0.15) is 0 Å². The summed E-state index contributed by atoms with van der Waals surface area (Å²) >= 11 is 12.3. The Morgan fingerprint density at radius 2 is 1.63 bits per heavy atom. The van der Waals surface area contributed by atoms with E-state index in [1.165, 1.54) is 30.3 Å². The summed E-state index contributed by atoms with van der Waals surface area (Å²) in [4.78, 5) is 12.8. The summed E-state index contributed by atoms with van der Waals surface area (Å²) in [5.74, 6) is 0.249. The van der Waals surface area contributed by atoms with E-state index in [1.807, 2.05) is 24.3 Å². The number of nitrogens with one attached hydrogen (secondary N) is 1. The Kier molecular flexibility index (Phi) is 8.70. The number of rotatable bonds is 9. The van der Waals surface area contributed by atoms with Crippen LogP contribution in [0.25, 0.3) is 0 Å². The number of carbonyl (C=O) groups excluding carboxylic acids is 1. The standard InChI is InChI=1S/C26H28Cl2N2O4S/c1-26(2,3)21-11-7-8-12-24(21)34-16-15-29-25(31)18-30(23-14-13-19(27)17-22(23)28)35(32,33)20-9-5-4-6-10-20/h4-14,17H,15-16,18H2,1-3H3,(H,29,31). The number of hydrogen-bond donors (Lipinski definition) is 1. The third kappa shape index (κ3) is 6.90. The molecular formula is C26H28Cl2N2O4S. The van der Waals surface area contributed by atoms with E-state index in [2.05, 4.69) is 26.1 Å². The molecule has 0 aromatic heterocycles. The normalized spacial score (nSPS) is 11.7. The highest BCUT2D eigenvalue weighted by molar-refractivity contribution is 7.92. The lowest BCUT2D eigenvalue weighted by molar-refractivity contribution is -0.119. The van der Waals surface area contributed by atoms with E-state index in [9.17, 15) is 13.2 Å². The largest absolute Gasteiger partial charge is 0.491 e. The number of sulfonamides is 1. The fourth-order valence-corrected chi connectivity index (χ4v) is 5.47. The van der Waals surface area contributed by atoms with Gasteiger partial charge in [0.2, 0.25) is 5.91 Å². The Bertz CT molecular complexity index is 1280. The zero-order valence-electron chi connectivity index (χ0n) is 19.8. The van der Waals surface area contributed by atoms with Crippen LogP contribution in [0.2, 0.25) is 10.0 Å². The molecule has 1 N–H and O–H groups in total. The summed E-state index contributed by atoms with van der Waals surface area (Å²) in [7, 11) is -4.07. The first kappa shape index (κ1) is 26.9. The van der Waals surface area contributed by atoms with Gasteiger partial charge in [-0.05, 0) is 47.4 Å². The predicted molar refractivity (Wildman–Crippen MR) is 141 cm³/mol. The molecule has 3 rings (SSSR count). The summed E-state index contributed by atoms with van der Waals surface area (Å²) < 4.78 is 33.6. The minimum absolute atomic E-state index is 0.0425. The van der Waals surface area contributed by atoms with Crippen molar-refractivity contribution in [3.63, 3.8) is 0 Å². The van der Waals surface area contributed by atoms with Crippen molar-refractivity contribution in [1.29, 1.82) is 0 Å². The molecule has 186 valence electrons. The Hall–Kier alpha value is -2.74. The molecule has 0 aliphatic carbocycles. The molecule has 0 unspecified atom stereocenters. The average molecular weight is 535 g/mol. The van der Waals surface area contributed by atoms with Crippen LogP contribution in [0.15, 0.2) is 77.7 Å². The third-order valence-electron chi connectivity index (χ3n) is 5.17. The number of para-hydroxylation sites is 1. The zero-order chi connectivity index (χ0) is 25.6. The van der Waals surface area contributed by atoms with E-state index < -0.39 is 22.5 Å². The lowest BCUT2D eigenvalue weighted by Gasteiger charge is -2.25. The second kappa shape index (κ2) is 11.3. The van der Waals surface area contributed by atoms with Gasteiger partial charge in [-0.3, -0.25) is 9.10 Å². The molecule has 0 aliphatic rings. The molecule has 0 saturated heterocycles. The van der Waals surface area contributed by atoms with Crippen molar-refractivity contribution < 1.29 is 17.9 Å². The van der Waals surface area contributed by atoms with Gasteiger partial charge in [0, 0.05) is 5.02 Å². The first-order chi connectivity index (χ1) is 16.5. The van der Waals surface area contributed by atoms with Crippen molar-refractivity contribution in [3.05, 3.63) is 88.4 Å². The number of amides is 1. The Balaban J connectivity index is 1.72. The highest BCUT2D eigenvalue weighted by Crippen LogP contribution is 2.33. The smallest absolute Gasteiger partial charge is 0.264 e. The summed E-state index contributed by atoms with van der Waals surface area (Å²) in [6.45, 7) is 6.26. The van der Waals surface area contributed by atoms with Gasteiger partial charge in [-0.15, -0.1) is 0 Å². The van der Waals surface area contributed by atoms with Crippen LogP contribution in [0, 0.1) is 0 Å². The van der Waals surface area contributed by atoms with Gasteiger partial charge in [-0.25, -0.2) is 8.42 Å². The van der Waals surface area contributed by atoms with E-state index >= 15 is 0 Å². The van der Waals surface area contributed by atoms with Crippen LogP contribution in [0.4, 0.5) is 5.69 Å². The number of nitrogens with zero attached hydrogens (tertiary/aromatic N) is 1. The fourth-order valence-electron chi connectivity index (χ4n) is 3.45. The van der Waals surface area contributed by atoms with Crippen LogP contribution >= 0.6 is 23.2 Å². The molecule has 0 spiro atoms. The van der Waals surface area contributed by atoms with Crippen LogP contribution in [0.5, 0.6) is 5.75 Å². The first-order valence-corrected chi connectivity index (χ1v) is 13.2. The maximum atomic E-state index is 13.4. The van der Waals surface area contributed by atoms with Gasteiger partial charge in [0.15, 0.2) is 0 Å². The van der Waals surface area contributed by atoms with Crippen molar-refractivity contribution >= 4 is 44.8 Å². The maximum absolute atomic E-state index is 13.4. The quantitative estimate of drug-likeness (QED) is 0.358. The highest BCUT2D eigenvalue weighted by atomic mass is 35.5. The summed E-state index contributed by atoms with van der Waals surface area (Å²) in [6.07, 6.45) is 0. The molecule has 3 aromatic carbocycles. The molecule has 0 radical (unpaired) electrons. The van der Waals surface area contributed by atoms with Crippen molar-refractivity contribution in [2.75, 3.05) is 24.0 Å². The van der Waals surface area contributed by atoms with Crippen molar-refractivity contribution in [2.24, 2.45) is 0 Å². The number of benzene rings is 3. The molecule has 9 heteroatoms. The SMILES string of the molecule is CC(C)(C)c1ccccc1OCCNC(=O)CN(c1ccc(Cl)cc1Cl)S(=O)(=O)c1ccccc1. The number of halogens is 2. The van der Waals surface area contributed by atoms with Crippen LogP contribution < -0.4 is 14.4 Å². The van der Waals surface area contributed by atoms with Crippen molar-refractivity contribution in [2.45, 2.75) is 31.1 Å². The average Bonchev–Trinajstić information content (AvgIpc) is 2.81. The minimum Gasteiger partial charge on any atom is -0.491 e. The lowest BCUT2D eigenvalue weighted by Crippen LogP contribution is -2.42. The fraction of sp³-hybridized carbons (Fsp3) is 0.269. The summed E-state index contributed by atoms with van der Waals surface area (Å²) in [6, 6.07) is 20.0. The zero-order valence-corrected chi connectivity index (χ0v) is 22.1. The molecule has 0 bridgehead atoms. The van der Waals surface area contributed by atoms with E-state index in [4.69, 9.17) is 27.9 Å². The Morgan fingerprint density at radius 3 is 2.29 bits per heavy atom. The molecule has 0 heterocycles. The van der Waals surface area contributed by atoms with Gasteiger partial charge < -0.3 is 10.1 Å². The molecule has 0 aliphatic heterocycles. The molecule has 0 saturated carbocycles. The monoisotopic (exact) mass is 534 g/mol. The number of hydrogen-bond acceptors (Lipinski definition) is 4. The number of anilines is 1. The second-order valence-electron chi connectivity index (χ2n) is 8.87. The minimum atomic E-state index is -4.07. The molecule has 3 aromatic rings. The first-order valence-electron chi connectivity index (χ1n) is 11.0. The lowest BCUT2D eigenvalue weighted by atomic mass is 9.86. The van der Waals surface area contributed by atoms with Crippen LogP contribution in [0.3, 0.4) is 0 Å². The van der Waals surface area contributed by atoms with E-state index in [0.29, 0.717) is 5.02 Å². The van der Waals surface area contributed by atoms with Gasteiger partial charge in [-0.1, -0.05) is 80.4 Å². The maximum Gasteiger partial charge on any atom is 0.264 e. The molecule has 0 atom stereocenters.